The Kier molecular flexibility index (Phi) is 5.10. The van der Waals surface area contributed by atoms with Crippen LogP contribution in [0.5, 0.6) is 5.75 Å². The molecule has 7 nitrogen and oxygen atoms in total. The topological polar surface area (TPSA) is 64.3 Å². The highest BCUT2D eigenvalue weighted by molar-refractivity contribution is 6.01. The highest BCUT2D eigenvalue weighted by atomic mass is 16.5. The maximum absolute atomic E-state index is 13.1. The number of aryl methyl sites for hydroxylation is 1. The number of hydrogen-bond donors (Lipinski definition) is 1. The molecule has 2 aromatic carbocycles. The molecular weight excluding hydrogens is 426 g/mol. The zero-order valence-corrected chi connectivity index (χ0v) is 20.1. The molecule has 0 saturated heterocycles. The van der Waals surface area contributed by atoms with E-state index < -0.39 is 0 Å². The van der Waals surface area contributed by atoms with Crippen LogP contribution in [0.4, 0.5) is 0 Å². The van der Waals surface area contributed by atoms with Crippen LogP contribution in [0.1, 0.15) is 28.8 Å². The van der Waals surface area contributed by atoms with Gasteiger partial charge in [0, 0.05) is 44.2 Å². The van der Waals surface area contributed by atoms with E-state index in [4.69, 9.17) is 9.72 Å². The largest absolute Gasteiger partial charge is 0.495 e. The molecule has 1 fully saturated rings. The number of hydrogen-bond acceptors (Lipinski definition) is 4. The zero-order valence-electron chi connectivity index (χ0n) is 20.1. The lowest BCUT2D eigenvalue weighted by atomic mass is 9.98. The Hall–Kier alpha value is -3.32. The van der Waals surface area contributed by atoms with Crippen molar-refractivity contribution in [3.05, 3.63) is 47.5 Å². The van der Waals surface area contributed by atoms with E-state index in [9.17, 15) is 4.79 Å². The number of benzene rings is 2. The number of carbonyl (C=O) groups is 1. The Labute approximate surface area is 199 Å². The molecule has 0 bridgehead atoms. The zero-order chi connectivity index (χ0) is 23.4. The second kappa shape index (κ2) is 8.17. The highest BCUT2D eigenvalue weighted by Crippen LogP contribution is 2.39. The van der Waals surface area contributed by atoms with Crippen LogP contribution in [0.15, 0.2) is 36.4 Å². The number of para-hydroxylation sites is 1. The number of methoxy groups -OCH3 is 1. The number of rotatable bonds is 7. The Bertz CT molecular complexity index is 1410. The van der Waals surface area contributed by atoms with Crippen LogP contribution in [0, 0.1) is 5.92 Å². The molecule has 7 heteroatoms. The first-order valence-electron chi connectivity index (χ1n) is 12.2. The smallest absolute Gasteiger partial charge is 0.254 e. The monoisotopic (exact) mass is 457 g/mol. The predicted octanol–water partition coefficient (Wildman–Crippen LogP) is 3.83. The molecular formula is C27H31N5O2. The minimum Gasteiger partial charge on any atom is -0.495 e. The predicted molar refractivity (Wildman–Crippen MR) is 134 cm³/mol. The van der Waals surface area contributed by atoms with E-state index in [0.29, 0.717) is 5.92 Å². The fourth-order valence-corrected chi connectivity index (χ4v) is 5.29. The molecule has 0 radical (unpaired) electrons. The van der Waals surface area contributed by atoms with Gasteiger partial charge in [0.15, 0.2) is 5.82 Å². The third-order valence-corrected chi connectivity index (χ3v) is 7.38. The van der Waals surface area contributed by atoms with Crippen LogP contribution in [-0.4, -0.2) is 58.7 Å². The molecule has 1 aliphatic carbocycles. The lowest BCUT2D eigenvalue weighted by Gasteiger charge is -2.28. The molecule has 1 N–H and O–H groups in total. The van der Waals surface area contributed by atoms with Crippen molar-refractivity contribution in [2.45, 2.75) is 25.8 Å². The summed E-state index contributed by atoms with van der Waals surface area (Å²) in [6, 6.07) is 12.6. The Morgan fingerprint density at radius 2 is 2.06 bits per heavy atom. The SMILES string of the molecule is CNCCN1CCc2cc3c(cc2C1=O)nc(-c1cc2cccc(OC)c2n1CC1CC1)n3C. The van der Waals surface area contributed by atoms with E-state index in [-0.39, 0.29) is 5.91 Å². The number of ether oxygens (including phenoxy) is 1. The van der Waals surface area contributed by atoms with Crippen molar-refractivity contribution in [3.8, 4) is 17.3 Å². The molecule has 1 aliphatic heterocycles. The molecule has 0 unspecified atom stereocenters. The minimum absolute atomic E-state index is 0.109. The van der Waals surface area contributed by atoms with Crippen molar-refractivity contribution in [1.29, 1.82) is 0 Å². The summed E-state index contributed by atoms with van der Waals surface area (Å²) in [5.41, 5.74) is 6.09. The maximum Gasteiger partial charge on any atom is 0.254 e. The quantitative estimate of drug-likeness (QED) is 0.458. The first-order valence-corrected chi connectivity index (χ1v) is 12.2. The summed E-state index contributed by atoms with van der Waals surface area (Å²) in [7, 11) is 5.73. The second-order valence-electron chi connectivity index (χ2n) is 9.62. The van der Waals surface area contributed by atoms with E-state index in [0.717, 1.165) is 82.9 Å². The summed E-state index contributed by atoms with van der Waals surface area (Å²) < 4.78 is 10.3. The molecule has 1 saturated carbocycles. The van der Waals surface area contributed by atoms with Crippen LogP contribution in [0.3, 0.4) is 0 Å². The average Bonchev–Trinajstić information content (AvgIpc) is 3.52. The summed E-state index contributed by atoms with van der Waals surface area (Å²) in [4.78, 5) is 20.2. The fraction of sp³-hybridized carbons (Fsp3) is 0.407. The Morgan fingerprint density at radius 1 is 1.21 bits per heavy atom. The van der Waals surface area contributed by atoms with Crippen LogP contribution in [0.2, 0.25) is 0 Å². The Morgan fingerprint density at radius 3 is 2.82 bits per heavy atom. The van der Waals surface area contributed by atoms with Crippen molar-refractivity contribution in [3.63, 3.8) is 0 Å². The molecule has 0 spiro atoms. The molecule has 3 heterocycles. The third-order valence-electron chi connectivity index (χ3n) is 7.38. The lowest BCUT2D eigenvalue weighted by molar-refractivity contribution is 0.0742. The molecule has 2 aromatic heterocycles. The molecule has 1 amide bonds. The molecule has 0 atom stereocenters. The minimum atomic E-state index is 0.109. The van der Waals surface area contributed by atoms with Gasteiger partial charge in [-0.3, -0.25) is 4.79 Å². The van der Waals surface area contributed by atoms with Gasteiger partial charge in [-0.1, -0.05) is 12.1 Å². The summed E-state index contributed by atoms with van der Waals surface area (Å²) in [5.74, 6) is 2.64. The molecule has 6 rings (SSSR count). The summed E-state index contributed by atoms with van der Waals surface area (Å²) in [6.45, 7) is 3.26. The van der Waals surface area contributed by atoms with Crippen molar-refractivity contribution in [1.82, 2.24) is 24.3 Å². The summed E-state index contributed by atoms with van der Waals surface area (Å²) in [5, 5.41) is 4.30. The van der Waals surface area contributed by atoms with Gasteiger partial charge in [0.2, 0.25) is 0 Å². The summed E-state index contributed by atoms with van der Waals surface area (Å²) >= 11 is 0. The number of carbonyl (C=O) groups excluding carboxylic acids is 1. The number of nitrogens with one attached hydrogen (secondary N) is 1. The number of fused-ring (bicyclic) bond motifs is 3. The lowest BCUT2D eigenvalue weighted by Crippen LogP contribution is -2.41. The van der Waals surface area contributed by atoms with Crippen molar-refractivity contribution in [2.75, 3.05) is 33.8 Å². The van der Waals surface area contributed by atoms with E-state index >= 15 is 0 Å². The Balaban J connectivity index is 1.49. The van der Waals surface area contributed by atoms with Crippen molar-refractivity contribution in [2.24, 2.45) is 13.0 Å². The highest BCUT2D eigenvalue weighted by Gasteiger charge is 2.28. The first kappa shape index (κ1) is 21.2. The normalized spacial score (nSPS) is 16.0. The second-order valence-corrected chi connectivity index (χ2v) is 9.62. The van der Waals surface area contributed by atoms with E-state index in [2.05, 4.69) is 39.7 Å². The average molecular weight is 458 g/mol. The van der Waals surface area contributed by atoms with Gasteiger partial charge in [0.25, 0.3) is 5.91 Å². The van der Waals surface area contributed by atoms with Crippen LogP contribution < -0.4 is 10.1 Å². The number of imidazole rings is 1. The fourth-order valence-electron chi connectivity index (χ4n) is 5.29. The van der Waals surface area contributed by atoms with Crippen molar-refractivity contribution < 1.29 is 9.53 Å². The van der Waals surface area contributed by atoms with Crippen LogP contribution in [0.25, 0.3) is 33.5 Å². The number of aromatic nitrogens is 3. The molecule has 176 valence electrons. The molecule has 2 aliphatic rings. The van der Waals surface area contributed by atoms with Crippen LogP contribution >= 0.6 is 0 Å². The number of likely N-dealkylation sites (N-methyl/N-ethyl adjacent to an activating group) is 1. The van der Waals surface area contributed by atoms with Gasteiger partial charge in [0.1, 0.15) is 5.75 Å². The third kappa shape index (κ3) is 3.38. The summed E-state index contributed by atoms with van der Waals surface area (Å²) in [6.07, 6.45) is 3.42. The number of amides is 1. The van der Waals surface area contributed by atoms with Gasteiger partial charge in [-0.15, -0.1) is 0 Å². The maximum atomic E-state index is 13.1. The number of nitrogens with zero attached hydrogens (tertiary/aromatic N) is 4. The van der Waals surface area contributed by atoms with Crippen LogP contribution in [-0.2, 0) is 20.0 Å². The van der Waals surface area contributed by atoms with E-state index in [1.54, 1.807) is 7.11 Å². The van der Waals surface area contributed by atoms with Gasteiger partial charge >= 0.3 is 0 Å². The van der Waals surface area contributed by atoms with E-state index in [1.807, 2.05) is 30.1 Å². The van der Waals surface area contributed by atoms with Gasteiger partial charge in [-0.05, 0) is 62.1 Å². The first-order chi connectivity index (χ1) is 16.6. The van der Waals surface area contributed by atoms with Gasteiger partial charge in [0.05, 0.1) is 29.4 Å². The standard InChI is InChI=1S/C27H31N5O2/c1-28-10-12-31-11-9-18-13-22-21(15-20(18)27(31)33)29-26(30(22)2)23-14-19-5-4-6-24(34-3)25(19)32(23)16-17-7-8-17/h4-6,13-15,17,28H,7-12,16H2,1-3H3. The molecule has 34 heavy (non-hydrogen) atoms. The van der Waals surface area contributed by atoms with E-state index in [1.165, 1.54) is 12.8 Å². The van der Waals surface area contributed by atoms with Crippen molar-refractivity contribution >= 4 is 27.8 Å². The van der Waals surface area contributed by atoms with Gasteiger partial charge in [-0.25, -0.2) is 4.98 Å². The van der Waals surface area contributed by atoms with Gasteiger partial charge in [-0.2, -0.15) is 0 Å². The molecule has 4 aromatic rings. The van der Waals surface area contributed by atoms with Gasteiger partial charge < -0.3 is 24.1 Å².